The van der Waals surface area contributed by atoms with E-state index in [0.717, 1.165) is 32.1 Å². The molecule has 0 unspecified atom stereocenters. The Hall–Kier alpha value is -3.13. The molecule has 0 radical (unpaired) electrons. The molecule has 2 aromatic rings. The number of hydrogen-bond acceptors (Lipinski definition) is 5. The van der Waals surface area contributed by atoms with Gasteiger partial charge in [-0.1, -0.05) is 67.8 Å². The van der Waals surface area contributed by atoms with E-state index in [1.165, 1.54) is 0 Å². The van der Waals surface area contributed by atoms with Crippen LogP contribution in [0, 0.1) is 17.2 Å². The predicted octanol–water partition coefficient (Wildman–Crippen LogP) is 4.39. The molecule has 0 saturated heterocycles. The normalized spacial score (nSPS) is 16.4. The summed E-state index contributed by atoms with van der Waals surface area (Å²) in [5.41, 5.74) is -0.345. The Bertz CT molecular complexity index is 838. The third-order valence-corrected chi connectivity index (χ3v) is 5.15. The lowest BCUT2D eigenvalue weighted by atomic mass is 9.74. The molecule has 0 spiro atoms. The number of carbonyl (C=O) groups is 2. The molecule has 0 bridgehead atoms. The molecule has 0 N–H and O–H groups in total. The number of esters is 2. The van der Waals surface area contributed by atoms with Crippen molar-refractivity contribution in [3.8, 4) is 6.07 Å². The molecule has 28 heavy (non-hydrogen) atoms. The second kappa shape index (κ2) is 9.18. The molecular formula is C23H23NO4. The quantitative estimate of drug-likeness (QED) is 0.698. The van der Waals surface area contributed by atoms with Crippen molar-refractivity contribution in [3.05, 3.63) is 71.8 Å². The molecule has 5 heteroatoms. The van der Waals surface area contributed by atoms with Crippen LogP contribution in [0.25, 0.3) is 0 Å². The minimum atomic E-state index is -1.36. The van der Waals surface area contributed by atoms with Gasteiger partial charge in [-0.05, 0) is 25.0 Å². The highest BCUT2D eigenvalue weighted by Gasteiger charge is 2.45. The highest BCUT2D eigenvalue weighted by Crippen LogP contribution is 2.42. The average Bonchev–Trinajstić information content (AvgIpc) is 2.77. The van der Waals surface area contributed by atoms with E-state index in [4.69, 9.17) is 9.47 Å². The molecule has 1 fully saturated rings. The summed E-state index contributed by atoms with van der Waals surface area (Å²) in [7, 11) is 0. The van der Waals surface area contributed by atoms with Crippen molar-refractivity contribution >= 4 is 11.9 Å². The van der Waals surface area contributed by atoms with Gasteiger partial charge in [0, 0.05) is 11.5 Å². The van der Waals surface area contributed by atoms with Gasteiger partial charge in [-0.25, -0.2) is 9.59 Å². The van der Waals surface area contributed by atoms with Crippen LogP contribution in [0.3, 0.4) is 0 Å². The third-order valence-electron chi connectivity index (χ3n) is 5.15. The maximum Gasteiger partial charge on any atom is 0.346 e. The van der Waals surface area contributed by atoms with Crippen LogP contribution in [0.1, 0.15) is 48.0 Å². The van der Waals surface area contributed by atoms with E-state index in [1.54, 1.807) is 42.5 Å². The Morgan fingerprint density at radius 1 is 0.964 bits per heavy atom. The van der Waals surface area contributed by atoms with Gasteiger partial charge in [-0.3, -0.25) is 0 Å². The van der Waals surface area contributed by atoms with Crippen LogP contribution in [0.5, 0.6) is 0 Å². The fourth-order valence-corrected chi connectivity index (χ4v) is 3.74. The Balaban J connectivity index is 1.74. The van der Waals surface area contributed by atoms with E-state index in [0.29, 0.717) is 11.1 Å². The summed E-state index contributed by atoms with van der Waals surface area (Å²) >= 11 is 0. The van der Waals surface area contributed by atoms with Crippen LogP contribution >= 0.6 is 0 Å². The number of nitriles is 1. The molecule has 1 saturated carbocycles. The van der Waals surface area contributed by atoms with Crippen molar-refractivity contribution in [1.82, 2.24) is 0 Å². The molecule has 0 amide bonds. The minimum absolute atomic E-state index is 0.0811. The molecular weight excluding hydrogens is 354 g/mol. The smallest absolute Gasteiger partial charge is 0.346 e. The van der Waals surface area contributed by atoms with Crippen molar-refractivity contribution in [2.45, 2.75) is 37.7 Å². The molecule has 0 aliphatic heterocycles. The van der Waals surface area contributed by atoms with Gasteiger partial charge in [-0.2, -0.15) is 5.26 Å². The maximum atomic E-state index is 12.5. The van der Waals surface area contributed by atoms with Crippen molar-refractivity contribution in [2.75, 3.05) is 6.61 Å². The van der Waals surface area contributed by atoms with Crippen LogP contribution < -0.4 is 0 Å². The standard InChI is InChI=1S/C23H23NO4/c24-17-23(19-12-6-2-7-13-19,20-14-8-3-9-15-20)28-21(25)16-27-22(26)18-10-4-1-5-11-18/h1-2,4-7,10-13,20H,3,8-9,14-16H2/t23-/m0/s1. The molecule has 144 valence electrons. The Labute approximate surface area is 164 Å². The number of rotatable bonds is 6. The van der Waals surface area contributed by atoms with E-state index in [9.17, 15) is 14.9 Å². The fraction of sp³-hybridized carbons (Fsp3) is 0.348. The summed E-state index contributed by atoms with van der Waals surface area (Å²) in [5, 5.41) is 10.1. The first-order valence-corrected chi connectivity index (χ1v) is 9.56. The first kappa shape index (κ1) is 19.6. The van der Waals surface area contributed by atoms with Gasteiger partial charge in [0.15, 0.2) is 6.61 Å². The van der Waals surface area contributed by atoms with Gasteiger partial charge in [-0.15, -0.1) is 0 Å². The molecule has 0 aromatic heterocycles. The molecule has 1 atom stereocenters. The highest BCUT2D eigenvalue weighted by atomic mass is 16.6. The van der Waals surface area contributed by atoms with E-state index in [-0.39, 0.29) is 5.92 Å². The number of ether oxygens (including phenoxy) is 2. The zero-order valence-electron chi connectivity index (χ0n) is 15.7. The van der Waals surface area contributed by atoms with Crippen LogP contribution in [0.2, 0.25) is 0 Å². The number of nitrogens with zero attached hydrogens (tertiary/aromatic N) is 1. The molecule has 1 aliphatic carbocycles. The zero-order valence-corrected chi connectivity index (χ0v) is 15.7. The van der Waals surface area contributed by atoms with Crippen molar-refractivity contribution in [2.24, 2.45) is 5.92 Å². The third kappa shape index (κ3) is 4.40. The van der Waals surface area contributed by atoms with Crippen LogP contribution in [-0.2, 0) is 19.9 Å². The lowest BCUT2D eigenvalue weighted by Gasteiger charge is -2.37. The van der Waals surface area contributed by atoms with E-state index >= 15 is 0 Å². The van der Waals surface area contributed by atoms with Crippen molar-refractivity contribution in [3.63, 3.8) is 0 Å². The lowest BCUT2D eigenvalue weighted by Crippen LogP contribution is -2.41. The number of benzene rings is 2. The largest absolute Gasteiger partial charge is 0.450 e. The van der Waals surface area contributed by atoms with E-state index < -0.39 is 24.1 Å². The second-order valence-corrected chi connectivity index (χ2v) is 6.96. The second-order valence-electron chi connectivity index (χ2n) is 6.96. The van der Waals surface area contributed by atoms with Crippen LogP contribution in [0.4, 0.5) is 0 Å². The molecule has 2 aromatic carbocycles. The summed E-state index contributed by atoms with van der Waals surface area (Å²) in [6, 6.07) is 19.8. The SMILES string of the molecule is N#C[C@](OC(=O)COC(=O)c1ccccc1)(c1ccccc1)C1CCCCC1. The molecule has 3 rings (SSSR count). The summed E-state index contributed by atoms with van der Waals surface area (Å²) in [4.78, 5) is 24.6. The van der Waals surface area contributed by atoms with Gasteiger partial charge >= 0.3 is 11.9 Å². The van der Waals surface area contributed by atoms with Gasteiger partial charge in [0.05, 0.1) is 5.56 Å². The molecule has 0 heterocycles. The number of carbonyl (C=O) groups excluding carboxylic acids is 2. The molecule has 5 nitrogen and oxygen atoms in total. The minimum Gasteiger partial charge on any atom is -0.450 e. The summed E-state index contributed by atoms with van der Waals surface area (Å²) in [6.45, 7) is -0.531. The first-order chi connectivity index (χ1) is 13.7. The summed E-state index contributed by atoms with van der Waals surface area (Å²) in [6.07, 6.45) is 4.76. The Morgan fingerprint density at radius 2 is 1.57 bits per heavy atom. The Morgan fingerprint density at radius 3 is 2.18 bits per heavy atom. The zero-order chi connectivity index (χ0) is 19.8. The topological polar surface area (TPSA) is 76.4 Å². The van der Waals surface area contributed by atoms with Gasteiger partial charge in [0.1, 0.15) is 6.07 Å². The molecule has 1 aliphatic rings. The Kier molecular flexibility index (Phi) is 6.44. The van der Waals surface area contributed by atoms with E-state index in [1.807, 2.05) is 18.2 Å². The van der Waals surface area contributed by atoms with Gasteiger partial charge < -0.3 is 9.47 Å². The summed E-state index contributed by atoms with van der Waals surface area (Å²) in [5.74, 6) is -1.40. The van der Waals surface area contributed by atoms with Crippen molar-refractivity contribution in [1.29, 1.82) is 5.26 Å². The fourth-order valence-electron chi connectivity index (χ4n) is 3.74. The monoisotopic (exact) mass is 377 g/mol. The van der Waals surface area contributed by atoms with Gasteiger partial charge in [0.25, 0.3) is 0 Å². The van der Waals surface area contributed by atoms with E-state index in [2.05, 4.69) is 6.07 Å². The van der Waals surface area contributed by atoms with Crippen molar-refractivity contribution < 1.29 is 19.1 Å². The highest BCUT2D eigenvalue weighted by molar-refractivity contribution is 5.90. The maximum absolute atomic E-state index is 12.5. The predicted molar refractivity (Wildman–Crippen MR) is 103 cm³/mol. The lowest BCUT2D eigenvalue weighted by molar-refractivity contribution is -0.165. The average molecular weight is 377 g/mol. The van der Waals surface area contributed by atoms with Crippen LogP contribution in [-0.4, -0.2) is 18.5 Å². The van der Waals surface area contributed by atoms with Gasteiger partial charge in [0.2, 0.25) is 5.60 Å². The van der Waals surface area contributed by atoms with Crippen LogP contribution in [0.15, 0.2) is 60.7 Å². The first-order valence-electron chi connectivity index (χ1n) is 9.56. The summed E-state index contributed by atoms with van der Waals surface area (Å²) < 4.78 is 10.8. The number of hydrogen-bond donors (Lipinski definition) is 0.